The molecule has 0 aliphatic heterocycles. The Labute approximate surface area is 228 Å². The van der Waals surface area contributed by atoms with E-state index in [2.05, 4.69) is 0 Å². The van der Waals surface area contributed by atoms with Gasteiger partial charge in [-0.15, -0.1) is 0 Å². The summed E-state index contributed by atoms with van der Waals surface area (Å²) in [5.41, 5.74) is -9.73. The van der Waals surface area contributed by atoms with Gasteiger partial charge in [0.2, 0.25) is 0 Å². The Bertz CT molecular complexity index is 1450. The molecule has 0 saturated heterocycles. The van der Waals surface area contributed by atoms with E-state index in [-0.39, 0.29) is 22.3 Å². The van der Waals surface area contributed by atoms with Gasteiger partial charge in [-0.2, -0.15) is 35.1 Å². The van der Waals surface area contributed by atoms with E-state index in [1.165, 1.54) is 55.4 Å². The first-order valence-electron chi connectivity index (χ1n) is 13.0. The van der Waals surface area contributed by atoms with Crippen LogP contribution in [-0.2, 0) is 23.7 Å². The topological polar surface area (TPSA) is 0 Å². The molecule has 40 heavy (non-hydrogen) atoms. The molecular formula is C32H30F8. The van der Waals surface area contributed by atoms with E-state index >= 15 is 35.1 Å². The van der Waals surface area contributed by atoms with Gasteiger partial charge >= 0.3 is 0 Å². The van der Waals surface area contributed by atoms with Crippen LogP contribution in [-0.4, -0.2) is 0 Å². The van der Waals surface area contributed by atoms with E-state index in [1.807, 2.05) is 0 Å². The van der Waals surface area contributed by atoms with Crippen LogP contribution in [0.1, 0.15) is 100 Å². The Balaban J connectivity index is 2.05. The van der Waals surface area contributed by atoms with Crippen molar-refractivity contribution in [2.45, 2.75) is 92.9 Å². The SMILES string of the molecule is Cc1c(C)c(C)c2c(c1C)C(F)(F)c1c(C)c3c(c(C)c1C2(F)F)C(F)(F)c1c(C)c(C)c(C)c(C)c1C3(F)F. The third-order valence-electron chi connectivity index (χ3n) is 9.89. The van der Waals surface area contributed by atoms with Gasteiger partial charge in [0.05, 0.1) is 0 Å². The van der Waals surface area contributed by atoms with Crippen molar-refractivity contribution < 1.29 is 35.1 Å². The average molecular weight is 567 g/mol. The molecule has 0 nitrogen and oxygen atoms in total. The molecular weight excluding hydrogens is 536 g/mol. The zero-order valence-electron chi connectivity index (χ0n) is 24.0. The second-order valence-electron chi connectivity index (χ2n) is 11.5. The van der Waals surface area contributed by atoms with Gasteiger partial charge in [0.1, 0.15) is 0 Å². The Hall–Kier alpha value is -2.90. The van der Waals surface area contributed by atoms with E-state index in [0.717, 1.165) is 13.8 Å². The quantitative estimate of drug-likeness (QED) is 0.238. The summed E-state index contributed by atoms with van der Waals surface area (Å²) in [6.07, 6.45) is 0. The van der Waals surface area contributed by atoms with E-state index < -0.39 is 79.3 Å². The maximum Gasteiger partial charge on any atom is 0.300 e. The molecule has 2 aliphatic rings. The van der Waals surface area contributed by atoms with Gasteiger partial charge in [-0.3, -0.25) is 0 Å². The number of alkyl halides is 8. The first-order chi connectivity index (χ1) is 18.1. The molecule has 0 aromatic heterocycles. The zero-order valence-corrected chi connectivity index (χ0v) is 24.0. The van der Waals surface area contributed by atoms with Crippen molar-refractivity contribution in [2.75, 3.05) is 0 Å². The van der Waals surface area contributed by atoms with Gasteiger partial charge in [-0.05, 0) is 125 Å². The minimum absolute atomic E-state index is 0.0804. The summed E-state index contributed by atoms with van der Waals surface area (Å²) < 4.78 is 132. The van der Waals surface area contributed by atoms with Crippen LogP contribution in [0.3, 0.4) is 0 Å². The van der Waals surface area contributed by atoms with E-state index in [4.69, 9.17) is 0 Å². The highest BCUT2D eigenvalue weighted by Crippen LogP contribution is 2.64. The highest BCUT2D eigenvalue weighted by atomic mass is 19.3. The van der Waals surface area contributed by atoms with Gasteiger partial charge in [-0.1, -0.05) is 0 Å². The average Bonchev–Trinajstić information content (AvgIpc) is 2.83. The fourth-order valence-corrected chi connectivity index (χ4v) is 7.26. The minimum Gasteiger partial charge on any atom is -0.196 e. The molecule has 0 N–H and O–H groups in total. The van der Waals surface area contributed by atoms with Gasteiger partial charge in [0.15, 0.2) is 0 Å². The molecule has 0 radical (unpaired) electrons. The first kappa shape index (κ1) is 28.6. The number of fused-ring (bicyclic) bond motifs is 4. The van der Waals surface area contributed by atoms with Crippen LogP contribution in [0, 0.1) is 69.2 Å². The molecule has 8 heteroatoms. The first-order valence-corrected chi connectivity index (χ1v) is 13.0. The van der Waals surface area contributed by atoms with Crippen LogP contribution in [0.5, 0.6) is 0 Å². The maximum atomic E-state index is 16.5. The Kier molecular flexibility index (Phi) is 5.64. The Morgan fingerprint density at radius 3 is 0.500 bits per heavy atom. The molecule has 0 amide bonds. The van der Waals surface area contributed by atoms with Crippen molar-refractivity contribution in [3.05, 3.63) is 100 Å². The lowest BCUT2D eigenvalue weighted by Gasteiger charge is -2.44. The number of rotatable bonds is 0. The van der Waals surface area contributed by atoms with Crippen LogP contribution in [0.15, 0.2) is 0 Å². The molecule has 214 valence electrons. The molecule has 0 bridgehead atoms. The molecule has 0 atom stereocenters. The van der Waals surface area contributed by atoms with Gasteiger partial charge in [-0.25, -0.2) is 0 Å². The summed E-state index contributed by atoms with van der Waals surface area (Å²) in [6, 6.07) is 0. The molecule has 3 aromatic carbocycles. The third kappa shape index (κ3) is 2.98. The number of hydrogen-bond donors (Lipinski definition) is 0. The fourth-order valence-electron chi connectivity index (χ4n) is 7.26. The summed E-state index contributed by atoms with van der Waals surface area (Å²) in [5.74, 6) is -16.5. The lowest BCUT2D eigenvalue weighted by atomic mass is 9.66. The summed E-state index contributed by atoms with van der Waals surface area (Å²) in [7, 11) is 0. The van der Waals surface area contributed by atoms with Gasteiger partial charge in [0, 0.05) is 44.5 Å². The monoisotopic (exact) mass is 566 g/mol. The molecule has 0 saturated carbocycles. The highest BCUT2D eigenvalue weighted by Gasteiger charge is 2.63. The van der Waals surface area contributed by atoms with Gasteiger partial charge < -0.3 is 0 Å². The van der Waals surface area contributed by atoms with Crippen LogP contribution in [0.2, 0.25) is 0 Å². The lowest BCUT2D eigenvalue weighted by molar-refractivity contribution is -0.0251. The number of hydrogen-bond acceptors (Lipinski definition) is 0. The van der Waals surface area contributed by atoms with Crippen molar-refractivity contribution in [1.29, 1.82) is 0 Å². The van der Waals surface area contributed by atoms with Gasteiger partial charge in [0.25, 0.3) is 23.7 Å². The summed E-state index contributed by atoms with van der Waals surface area (Å²) >= 11 is 0. The summed E-state index contributed by atoms with van der Waals surface area (Å²) in [5, 5.41) is 0. The number of halogens is 8. The predicted octanol–water partition coefficient (Wildman–Crippen LogP) is 9.96. The molecule has 5 rings (SSSR count). The predicted molar refractivity (Wildman–Crippen MR) is 139 cm³/mol. The van der Waals surface area contributed by atoms with E-state index in [1.54, 1.807) is 0 Å². The van der Waals surface area contributed by atoms with Crippen molar-refractivity contribution in [3.63, 3.8) is 0 Å². The maximum absolute atomic E-state index is 16.5. The molecule has 0 spiro atoms. The molecule has 2 aliphatic carbocycles. The smallest absolute Gasteiger partial charge is 0.196 e. The fraction of sp³-hybridized carbons (Fsp3) is 0.438. The standard InChI is InChI=1S/C32H30F8/c1-11-12(2)16(6)22-21(15(11)5)29(33,34)25-19(9)27-28(20(10)26(25)30(22,35)36)32(39,40)24-18(8)14(4)13(3)17(7)23(24)31(27,37)38/h1-10H3. The van der Waals surface area contributed by atoms with Crippen molar-refractivity contribution in [3.8, 4) is 0 Å². The number of benzene rings is 3. The van der Waals surface area contributed by atoms with Crippen molar-refractivity contribution >= 4 is 0 Å². The molecule has 0 fully saturated rings. The van der Waals surface area contributed by atoms with E-state index in [9.17, 15) is 0 Å². The van der Waals surface area contributed by atoms with Crippen LogP contribution in [0.4, 0.5) is 35.1 Å². The van der Waals surface area contributed by atoms with Crippen LogP contribution >= 0.6 is 0 Å². The van der Waals surface area contributed by atoms with Crippen molar-refractivity contribution in [2.24, 2.45) is 0 Å². The molecule has 0 unspecified atom stereocenters. The third-order valence-corrected chi connectivity index (χ3v) is 9.89. The lowest BCUT2D eigenvalue weighted by Crippen LogP contribution is -2.42. The highest BCUT2D eigenvalue weighted by molar-refractivity contribution is 5.72. The van der Waals surface area contributed by atoms with Crippen molar-refractivity contribution in [1.82, 2.24) is 0 Å². The normalized spacial score (nSPS) is 19.1. The summed E-state index contributed by atoms with van der Waals surface area (Å²) in [6.45, 7) is 13.0. The second-order valence-corrected chi connectivity index (χ2v) is 11.5. The molecule has 3 aromatic rings. The van der Waals surface area contributed by atoms with Crippen LogP contribution in [0.25, 0.3) is 0 Å². The largest absolute Gasteiger partial charge is 0.300 e. The summed E-state index contributed by atoms with van der Waals surface area (Å²) in [4.78, 5) is 0. The zero-order chi connectivity index (χ0) is 30.4. The Morgan fingerprint density at radius 1 is 0.225 bits per heavy atom. The van der Waals surface area contributed by atoms with E-state index in [0.29, 0.717) is 22.3 Å². The van der Waals surface area contributed by atoms with Crippen LogP contribution < -0.4 is 0 Å². The molecule has 0 heterocycles. The Morgan fingerprint density at radius 2 is 0.350 bits per heavy atom. The minimum atomic E-state index is -4.14. The second kappa shape index (κ2) is 7.89.